The Bertz CT molecular complexity index is 2220. The first-order chi connectivity index (χ1) is 28.2. The van der Waals surface area contributed by atoms with E-state index in [0.717, 1.165) is 70.6 Å². The number of benzene rings is 3. The van der Waals surface area contributed by atoms with Crippen molar-refractivity contribution < 1.29 is 19.2 Å². The van der Waals surface area contributed by atoms with Crippen LogP contribution >= 0.6 is 0 Å². The highest BCUT2D eigenvalue weighted by molar-refractivity contribution is 5.89. The molecule has 0 radical (unpaired) electrons. The molecular weight excluding hydrogens is 731 g/mol. The molecule has 2 saturated heterocycles. The second kappa shape index (κ2) is 16.7. The maximum Gasteiger partial charge on any atom is 0.250 e. The predicted octanol–water partition coefficient (Wildman–Crippen LogP) is 6.61. The summed E-state index contributed by atoms with van der Waals surface area (Å²) in [6, 6.07) is 28.7. The zero-order chi connectivity index (χ0) is 40.2. The molecule has 3 aromatic carbocycles. The van der Waals surface area contributed by atoms with E-state index in [2.05, 4.69) is 25.6 Å². The number of aromatic amines is 2. The van der Waals surface area contributed by atoms with E-state index in [9.17, 15) is 19.2 Å². The number of aromatic nitrogens is 5. The topological polar surface area (TPSA) is 169 Å². The van der Waals surface area contributed by atoms with Crippen LogP contribution in [0, 0.1) is 0 Å². The van der Waals surface area contributed by atoms with Gasteiger partial charge in [0.25, 0.3) is 0 Å². The normalized spacial score (nSPS) is 17.5. The molecule has 0 bridgehead atoms. The second-order valence-electron chi connectivity index (χ2n) is 14.8. The Morgan fingerprint density at radius 1 is 0.569 bits per heavy atom. The van der Waals surface area contributed by atoms with Crippen LogP contribution in [-0.4, -0.2) is 71.4 Å². The molecule has 6 aromatic rings. The number of hydrogen-bond acceptors (Lipinski definition) is 7. The Kier molecular flexibility index (Phi) is 10.9. The molecule has 3 aromatic heterocycles. The fraction of sp³-hybridized carbons (Fsp3) is 0.267. The van der Waals surface area contributed by atoms with Crippen molar-refractivity contribution in [2.24, 2.45) is 0 Å². The Labute approximate surface area is 336 Å². The number of H-pyrrole nitrogens is 2. The summed E-state index contributed by atoms with van der Waals surface area (Å²) in [5, 5.41) is 5.68. The predicted molar refractivity (Wildman–Crippen MR) is 218 cm³/mol. The fourth-order valence-electron chi connectivity index (χ4n) is 8.08. The summed E-state index contributed by atoms with van der Waals surface area (Å²) in [7, 11) is 0. The summed E-state index contributed by atoms with van der Waals surface area (Å²) in [5.41, 5.74) is 6.70. The van der Waals surface area contributed by atoms with Crippen molar-refractivity contribution in [3.05, 3.63) is 138 Å². The minimum atomic E-state index is -0.770. The lowest BCUT2D eigenvalue weighted by Crippen LogP contribution is -2.42. The van der Waals surface area contributed by atoms with Gasteiger partial charge in [-0.05, 0) is 54.5 Å². The summed E-state index contributed by atoms with van der Waals surface area (Å²) in [4.78, 5) is 76.4. The molecule has 4 N–H and O–H groups in total. The standard InChI is InChI=1S/C45H45N9O4/c1-28(55)49-40(32-11-5-3-6-12-32)44(57)53-23-9-15-38(53)42-47-26-36(51-42)31-19-17-30(18-20-31)35-22-21-34(25-46-35)37-27-48-43(52-37)39-16-10-24-54(39)45(58)41(50-29(2)56)33-13-7-4-8-14-33/h3-8,11-14,17-22,25-27,38-41H,9-10,15-16,23-24H2,1-2H3,(H,47,51)(H,48,52)(H,49,55)(H,50,56)/t38?,39-,40-,41+/m0/s1. The maximum atomic E-state index is 13.8. The quantitative estimate of drug-likeness (QED) is 0.115. The lowest BCUT2D eigenvalue weighted by Gasteiger charge is -2.28. The molecule has 13 nitrogen and oxygen atoms in total. The van der Waals surface area contributed by atoms with E-state index in [1.807, 2.05) is 113 Å². The molecular formula is C45H45N9O4. The number of nitrogens with zero attached hydrogens (tertiary/aromatic N) is 5. The largest absolute Gasteiger partial charge is 0.341 e. The van der Waals surface area contributed by atoms with Crippen LogP contribution in [-0.2, 0) is 19.2 Å². The van der Waals surface area contributed by atoms with E-state index in [1.165, 1.54) is 13.8 Å². The number of nitrogens with one attached hydrogen (secondary N) is 4. The van der Waals surface area contributed by atoms with E-state index in [1.54, 1.807) is 12.4 Å². The van der Waals surface area contributed by atoms with Crippen molar-refractivity contribution in [2.45, 2.75) is 63.7 Å². The number of hydrogen-bond donors (Lipinski definition) is 4. The van der Waals surface area contributed by atoms with Gasteiger partial charge in [0.15, 0.2) is 0 Å². The third kappa shape index (κ3) is 8.01. The van der Waals surface area contributed by atoms with Gasteiger partial charge in [-0.25, -0.2) is 9.97 Å². The number of pyridine rings is 1. The SMILES string of the molecule is CC(=O)N[C@H](C(=O)N1CCCC1c1ncc(-c2ccc(-c3ccc(-c4cnc([C@@H]5CCCN5C(=O)[C@H](NC(C)=O)c5ccccc5)[nH]4)cn3)cc2)[nH]1)c1ccccc1. The van der Waals surface area contributed by atoms with Crippen molar-refractivity contribution >= 4 is 23.6 Å². The first-order valence-electron chi connectivity index (χ1n) is 19.7. The van der Waals surface area contributed by atoms with Gasteiger partial charge in [-0.2, -0.15) is 0 Å². The van der Waals surface area contributed by atoms with Gasteiger partial charge < -0.3 is 30.4 Å². The maximum absolute atomic E-state index is 13.8. The van der Waals surface area contributed by atoms with Gasteiger partial charge in [0.2, 0.25) is 23.6 Å². The fourth-order valence-corrected chi connectivity index (χ4v) is 8.08. The molecule has 4 atom stereocenters. The molecule has 4 amide bonds. The smallest absolute Gasteiger partial charge is 0.250 e. The van der Waals surface area contributed by atoms with Crippen LogP contribution < -0.4 is 10.6 Å². The van der Waals surface area contributed by atoms with Crippen LogP contribution in [0.15, 0.2) is 116 Å². The van der Waals surface area contributed by atoms with Crippen molar-refractivity contribution in [2.75, 3.05) is 13.1 Å². The Morgan fingerprint density at radius 3 is 1.47 bits per heavy atom. The Balaban J connectivity index is 0.929. The van der Waals surface area contributed by atoms with Crippen LogP contribution in [0.4, 0.5) is 0 Å². The van der Waals surface area contributed by atoms with Crippen LogP contribution in [0.25, 0.3) is 33.8 Å². The van der Waals surface area contributed by atoms with Crippen molar-refractivity contribution in [1.82, 2.24) is 45.4 Å². The lowest BCUT2D eigenvalue weighted by molar-refractivity contribution is -0.137. The molecule has 13 heteroatoms. The summed E-state index contributed by atoms with van der Waals surface area (Å²) in [6.07, 6.45) is 8.59. The molecule has 2 aliphatic heterocycles. The van der Waals surface area contributed by atoms with Gasteiger partial charge in [0.05, 0.1) is 41.6 Å². The summed E-state index contributed by atoms with van der Waals surface area (Å²) >= 11 is 0. The van der Waals surface area contributed by atoms with Crippen LogP contribution in [0.3, 0.4) is 0 Å². The lowest BCUT2D eigenvalue weighted by atomic mass is 10.0. The number of imidazole rings is 2. The molecule has 2 aliphatic rings. The zero-order valence-electron chi connectivity index (χ0n) is 32.4. The average Bonchev–Trinajstić information content (AvgIpc) is 4.09. The van der Waals surface area contributed by atoms with Gasteiger partial charge in [-0.1, -0.05) is 84.9 Å². The van der Waals surface area contributed by atoms with Gasteiger partial charge in [-0.3, -0.25) is 24.2 Å². The molecule has 0 aliphatic carbocycles. The number of carbonyl (C=O) groups excluding carboxylic acids is 4. The van der Waals surface area contributed by atoms with Crippen molar-refractivity contribution in [3.63, 3.8) is 0 Å². The van der Waals surface area contributed by atoms with E-state index in [-0.39, 0.29) is 35.7 Å². The molecule has 2 fully saturated rings. The Morgan fingerprint density at radius 2 is 1.02 bits per heavy atom. The van der Waals surface area contributed by atoms with Crippen LogP contribution in [0.1, 0.15) is 86.5 Å². The molecule has 58 heavy (non-hydrogen) atoms. The van der Waals surface area contributed by atoms with Crippen LogP contribution in [0.2, 0.25) is 0 Å². The van der Waals surface area contributed by atoms with Crippen molar-refractivity contribution in [3.8, 4) is 33.8 Å². The van der Waals surface area contributed by atoms with Crippen molar-refractivity contribution in [1.29, 1.82) is 0 Å². The summed E-state index contributed by atoms with van der Waals surface area (Å²) in [5.74, 6) is 0.579. The molecule has 0 spiro atoms. The third-order valence-electron chi connectivity index (χ3n) is 10.9. The van der Waals surface area contributed by atoms with E-state index in [4.69, 9.17) is 9.97 Å². The number of likely N-dealkylation sites (tertiary alicyclic amines) is 2. The minimum absolute atomic E-state index is 0.151. The molecule has 294 valence electrons. The number of amides is 4. The monoisotopic (exact) mass is 775 g/mol. The van der Waals surface area contributed by atoms with E-state index in [0.29, 0.717) is 24.7 Å². The summed E-state index contributed by atoms with van der Waals surface area (Å²) in [6.45, 7) is 4.01. The first kappa shape index (κ1) is 38.0. The zero-order valence-corrected chi connectivity index (χ0v) is 32.4. The second-order valence-corrected chi connectivity index (χ2v) is 14.8. The highest BCUT2D eigenvalue weighted by atomic mass is 16.2. The highest BCUT2D eigenvalue weighted by Crippen LogP contribution is 2.36. The van der Waals surface area contributed by atoms with Gasteiger partial charge in [0, 0.05) is 44.3 Å². The molecule has 0 saturated carbocycles. The highest BCUT2D eigenvalue weighted by Gasteiger charge is 2.38. The van der Waals surface area contributed by atoms with Gasteiger partial charge in [0.1, 0.15) is 23.7 Å². The number of rotatable bonds is 11. The first-order valence-corrected chi connectivity index (χ1v) is 19.7. The van der Waals surface area contributed by atoms with Crippen LogP contribution in [0.5, 0.6) is 0 Å². The van der Waals surface area contributed by atoms with Gasteiger partial charge in [-0.15, -0.1) is 0 Å². The average molecular weight is 776 g/mol. The third-order valence-corrected chi connectivity index (χ3v) is 10.9. The minimum Gasteiger partial charge on any atom is -0.341 e. The number of carbonyl (C=O) groups is 4. The van der Waals surface area contributed by atoms with Gasteiger partial charge >= 0.3 is 0 Å². The molecule has 1 unspecified atom stereocenters. The molecule has 8 rings (SSSR count). The van der Waals surface area contributed by atoms with E-state index < -0.39 is 12.1 Å². The summed E-state index contributed by atoms with van der Waals surface area (Å²) < 4.78 is 0. The van der Waals surface area contributed by atoms with E-state index >= 15 is 0 Å². The Hall–Kier alpha value is -6.89. The molecule has 5 heterocycles.